The van der Waals surface area contributed by atoms with Crippen LogP contribution >= 0.6 is 11.3 Å². The molecule has 0 radical (unpaired) electrons. The van der Waals surface area contributed by atoms with Crippen molar-refractivity contribution in [3.05, 3.63) is 52.1 Å². The number of hydrogen-bond donors (Lipinski definition) is 2. The first-order chi connectivity index (χ1) is 11.6. The first-order valence-corrected chi connectivity index (χ1v) is 9.18. The quantitative estimate of drug-likeness (QED) is 0.777. The lowest BCUT2D eigenvalue weighted by Crippen LogP contribution is -2.37. The van der Waals surface area contributed by atoms with E-state index in [2.05, 4.69) is 11.4 Å². The van der Waals surface area contributed by atoms with E-state index in [0.29, 0.717) is 12.3 Å². The van der Waals surface area contributed by atoms with Gasteiger partial charge >= 0.3 is 0 Å². The zero-order chi connectivity index (χ0) is 17.0. The molecule has 1 fully saturated rings. The number of amides is 1. The van der Waals surface area contributed by atoms with E-state index in [1.54, 1.807) is 36.7 Å². The van der Waals surface area contributed by atoms with Crippen molar-refractivity contribution in [3.8, 4) is 0 Å². The summed E-state index contributed by atoms with van der Waals surface area (Å²) in [7, 11) is 0. The molecule has 1 aliphatic carbocycles. The fraction of sp³-hybridized carbons (Fsp3) is 0.421. The molecule has 0 bridgehead atoms. The predicted molar refractivity (Wildman–Crippen MR) is 95.9 cm³/mol. The van der Waals surface area contributed by atoms with Gasteiger partial charge in [-0.05, 0) is 50.1 Å². The molecule has 3 rings (SSSR count). The smallest absolute Gasteiger partial charge is 0.244 e. The number of carbonyl (C=O) groups excluding carboxylic acids is 1. The summed E-state index contributed by atoms with van der Waals surface area (Å²) in [6, 6.07) is 7.72. The van der Waals surface area contributed by atoms with E-state index < -0.39 is 6.10 Å². The van der Waals surface area contributed by atoms with E-state index in [1.165, 1.54) is 23.8 Å². The Morgan fingerprint density at radius 3 is 2.83 bits per heavy atom. The van der Waals surface area contributed by atoms with Gasteiger partial charge in [0.1, 0.15) is 5.76 Å². The maximum absolute atomic E-state index is 12.1. The fourth-order valence-electron chi connectivity index (χ4n) is 3.28. The van der Waals surface area contributed by atoms with Crippen LogP contribution in [0.25, 0.3) is 6.08 Å². The van der Waals surface area contributed by atoms with Crippen LogP contribution < -0.4 is 5.32 Å². The summed E-state index contributed by atoms with van der Waals surface area (Å²) in [6.07, 6.45) is 8.85. The van der Waals surface area contributed by atoms with Gasteiger partial charge in [-0.2, -0.15) is 0 Å². The molecule has 0 aliphatic heterocycles. The maximum Gasteiger partial charge on any atom is 0.244 e. The second kappa shape index (κ2) is 7.36. The lowest BCUT2D eigenvalue weighted by atomic mass is 9.84. The molecule has 5 heteroatoms. The zero-order valence-electron chi connectivity index (χ0n) is 13.8. The molecule has 2 N–H and O–H groups in total. The van der Waals surface area contributed by atoms with Crippen LogP contribution in [0.5, 0.6) is 0 Å². The van der Waals surface area contributed by atoms with Crippen molar-refractivity contribution < 1.29 is 14.3 Å². The second-order valence-corrected chi connectivity index (χ2v) is 7.55. The van der Waals surface area contributed by atoms with Crippen molar-refractivity contribution in [2.45, 2.75) is 44.1 Å². The van der Waals surface area contributed by atoms with E-state index in [-0.39, 0.29) is 11.3 Å². The van der Waals surface area contributed by atoms with Crippen LogP contribution in [0.15, 0.2) is 41.0 Å². The van der Waals surface area contributed by atoms with Crippen LogP contribution in [0.2, 0.25) is 0 Å². The molecule has 0 unspecified atom stereocenters. The Kier molecular flexibility index (Phi) is 5.21. The Morgan fingerprint density at radius 1 is 1.42 bits per heavy atom. The van der Waals surface area contributed by atoms with Crippen molar-refractivity contribution in [2.24, 2.45) is 0 Å². The van der Waals surface area contributed by atoms with E-state index in [1.807, 2.05) is 12.1 Å². The molecule has 2 heterocycles. The number of rotatable bonds is 6. The molecule has 128 valence electrons. The van der Waals surface area contributed by atoms with Gasteiger partial charge in [0.25, 0.3) is 0 Å². The standard InChI is InChI=1S/C19H23NO3S/c1-14(21)16-7-8-17(24-16)19(10-2-3-11-19)13-20-18(22)9-6-15-5-4-12-23-15/h4-9,12,14,21H,2-3,10-11,13H2,1H3,(H,20,22)/b9-6+/t14-/m1/s1. The molecule has 1 aliphatic rings. The minimum absolute atomic E-state index is 0.00594. The summed E-state index contributed by atoms with van der Waals surface area (Å²) in [6.45, 7) is 2.42. The fourth-order valence-corrected chi connectivity index (χ4v) is 4.47. The summed E-state index contributed by atoms with van der Waals surface area (Å²) < 4.78 is 5.19. The minimum atomic E-state index is -0.437. The minimum Gasteiger partial charge on any atom is -0.465 e. The Hall–Kier alpha value is -1.85. The summed E-state index contributed by atoms with van der Waals surface area (Å²) >= 11 is 1.67. The number of aliphatic hydroxyl groups is 1. The van der Waals surface area contributed by atoms with Crippen LogP contribution in [0, 0.1) is 0 Å². The topological polar surface area (TPSA) is 62.5 Å². The van der Waals surface area contributed by atoms with Crippen LogP contribution in [-0.4, -0.2) is 17.6 Å². The molecule has 1 saturated carbocycles. The van der Waals surface area contributed by atoms with Gasteiger partial charge in [0, 0.05) is 27.8 Å². The molecular weight excluding hydrogens is 322 g/mol. The van der Waals surface area contributed by atoms with Gasteiger partial charge in [0.15, 0.2) is 0 Å². The lowest BCUT2D eigenvalue weighted by Gasteiger charge is -2.28. The Morgan fingerprint density at radius 2 is 2.21 bits per heavy atom. The number of nitrogens with one attached hydrogen (secondary N) is 1. The molecule has 0 spiro atoms. The molecule has 24 heavy (non-hydrogen) atoms. The van der Waals surface area contributed by atoms with E-state index in [4.69, 9.17) is 4.42 Å². The summed E-state index contributed by atoms with van der Waals surface area (Å²) in [5.41, 5.74) is 0.00594. The average molecular weight is 345 g/mol. The van der Waals surface area contributed by atoms with Gasteiger partial charge in [-0.25, -0.2) is 0 Å². The van der Waals surface area contributed by atoms with Gasteiger partial charge in [-0.15, -0.1) is 11.3 Å². The van der Waals surface area contributed by atoms with Gasteiger partial charge in [-0.1, -0.05) is 12.8 Å². The lowest BCUT2D eigenvalue weighted by molar-refractivity contribution is -0.116. The largest absolute Gasteiger partial charge is 0.465 e. The third-order valence-corrected chi connectivity index (χ3v) is 6.17. The number of hydrogen-bond acceptors (Lipinski definition) is 4. The molecule has 4 nitrogen and oxygen atoms in total. The van der Waals surface area contributed by atoms with Crippen LogP contribution in [0.4, 0.5) is 0 Å². The zero-order valence-corrected chi connectivity index (χ0v) is 14.6. The summed E-state index contributed by atoms with van der Waals surface area (Å²) in [5.74, 6) is 0.561. The first kappa shape index (κ1) is 17.0. The second-order valence-electron chi connectivity index (χ2n) is 6.43. The van der Waals surface area contributed by atoms with Gasteiger partial charge < -0.3 is 14.8 Å². The van der Waals surface area contributed by atoms with Gasteiger partial charge in [0.2, 0.25) is 5.91 Å². The van der Waals surface area contributed by atoms with Crippen molar-refractivity contribution in [2.75, 3.05) is 6.54 Å². The van der Waals surface area contributed by atoms with Gasteiger partial charge in [-0.3, -0.25) is 4.79 Å². The molecule has 0 aromatic carbocycles. The van der Waals surface area contributed by atoms with Crippen molar-refractivity contribution in [3.63, 3.8) is 0 Å². The van der Waals surface area contributed by atoms with E-state index >= 15 is 0 Å². The normalized spacial score (nSPS) is 18.1. The molecule has 2 aromatic heterocycles. The Labute approximate surface area is 146 Å². The van der Waals surface area contributed by atoms with E-state index in [0.717, 1.165) is 17.7 Å². The average Bonchev–Trinajstić information content (AvgIpc) is 3.32. The highest BCUT2D eigenvalue weighted by Crippen LogP contribution is 2.44. The first-order valence-electron chi connectivity index (χ1n) is 8.37. The Balaban J connectivity index is 1.66. The van der Waals surface area contributed by atoms with Crippen molar-refractivity contribution in [1.29, 1.82) is 0 Å². The van der Waals surface area contributed by atoms with E-state index in [9.17, 15) is 9.90 Å². The highest BCUT2D eigenvalue weighted by molar-refractivity contribution is 7.12. The number of furan rings is 1. The van der Waals surface area contributed by atoms with Crippen LogP contribution in [0.1, 0.15) is 54.2 Å². The number of carbonyl (C=O) groups is 1. The highest BCUT2D eigenvalue weighted by atomic mass is 32.1. The molecule has 2 aromatic rings. The highest BCUT2D eigenvalue weighted by Gasteiger charge is 2.37. The van der Waals surface area contributed by atoms with Gasteiger partial charge in [0.05, 0.1) is 12.4 Å². The molecule has 1 atom stereocenters. The van der Waals surface area contributed by atoms with Crippen molar-refractivity contribution >= 4 is 23.3 Å². The molecule has 0 saturated heterocycles. The Bertz CT molecular complexity index is 694. The summed E-state index contributed by atoms with van der Waals surface area (Å²) in [4.78, 5) is 14.4. The molecule has 1 amide bonds. The third-order valence-electron chi connectivity index (χ3n) is 4.67. The predicted octanol–water partition coefficient (Wildman–Crippen LogP) is 4.04. The van der Waals surface area contributed by atoms with Crippen LogP contribution in [0.3, 0.4) is 0 Å². The third kappa shape index (κ3) is 3.79. The maximum atomic E-state index is 12.1. The van der Waals surface area contributed by atoms with Crippen LogP contribution in [-0.2, 0) is 10.2 Å². The molecular formula is C19H23NO3S. The summed E-state index contributed by atoms with van der Waals surface area (Å²) in [5, 5.41) is 12.8. The SMILES string of the molecule is C[C@@H](O)c1ccc(C2(CNC(=O)/C=C/c3ccco3)CCCC2)s1. The number of aliphatic hydroxyl groups excluding tert-OH is 1. The number of thiophene rings is 1. The monoisotopic (exact) mass is 345 g/mol. The van der Waals surface area contributed by atoms with Crippen molar-refractivity contribution in [1.82, 2.24) is 5.32 Å².